The molecule has 0 saturated carbocycles. The summed E-state index contributed by atoms with van der Waals surface area (Å²) in [5, 5.41) is 13.1. The first-order valence-corrected chi connectivity index (χ1v) is 12.0. The van der Waals surface area contributed by atoms with Crippen molar-refractivity contribution in [3.8, 4) is 0 Å². The van der Waals surface area contributed by atoms with Crippen molar-refractivity contribution in [1.82, 2.24) is 4.90 Å². The van der Waals surface area contributed by atoms with E-state index in [4.69, 9.17) is 9.73 Å². The monoisotopic (exact) mass is 452 g/mol. The Bertz CT molecular complexity index is 1040. The first-order valence-electron chi connectivity index (χ1n) is 11.0. The van der Waals surface area contributed by atoms with E-state index in [9.17, 15) is 9.90 Å². The topological polar surface area (TPSA) is 66.6 Å². The van der Waals surface area contributed by atoms with Gasteiger partial charge in [-0.2, -0.15) is 0 Å². The van der Waals surface area contributed by atoms with Gasteiger partial charge in [-0.05, 0) is 45.4 Å². The number of nitrogens with zero attached hydrogens (tertiary/aromatic N) is 2. The lowest BCUT2D eigenvalue weighted by molar-refractivity contribution is -0.950. The SMILES string of the molecule is CCOC(=O)C1=C(C)N=C2SCC(O)([NH+](c3ccccc3)C(C)C)N2C1c1ccccc1. The lowest BCUT2D eigenvalue weighted by atomic mass is 9.93. The lowest BCUT2D eigenvalue weighted by Crippen LogP contribution is -3.21. The van der Waals surface area contributed by atoms with Gasteiger partial charge in [-0.15, -0.1) is 0 Å². The molecule has 168 valence electrons. The fourth-order valence-electron chi connectivity index (χ4n) is 4.67. The number of carbonyl (C=O) groups is 1. The summed E-state index contributed by atoms with van der Waals surface area (Å²) in [4.78, 5) is 20.7. The zero-order valence-electron chi connectivity index (χ0n) is 18.9. The standard InChI is InChI=1S/C25H29N3O3S/c1-5-31-23(29)21-18(4)26-24-28(22(21)19-12-8-6-9-13-19)25(30,16-32-24)27(17(2)3)20-14-10-7-11-15-20/h6-15,17,22,30H,5,16H2,1-4H3/p+1. The van der Waals surface area contributed by atoms with Gasteiger partial charge in [0.05, 0.1) is 30.0 Å². The molecule has 6 nitrogen and oxygen atoms in total. The zero-order valence-corrected chi connectivity index (χ0v) is 19.7. The molecule has 0 aromatic heterocycles. The number of thioether (sulfide) groups is 1. The van der Waals surface area contributed by atoms with Crippen LogP contribution < -0.4 is 4.90 Å². The van der Waals surface area contributed by atoms with Crippen molar-refractivity contribution < 1.29 is 19.5 Å². The van der Waals surface area contributed by atoms with E-state index in [1.807, 2.05) is 72.5 Å². The maximum absolute atomic E-state index is 13.1. The molecule has 2 aromatic carbocycles. The molecule has 2 aliphatic rings. The smallest absolute Gasteiger partial charge is 0.338 e. The number of allylic oxidation sites excluding steroid dienone is 1. The third-order valence-corrected chi connectivity index (χ3v) is 6.99. The molecule has 2 N–H and O–H groups in total. The summed E-state index contributed by atoms with van der Waals surface area (Å²) in [6, 6.07) is 19.4. The Morgan fingerprint density at radius 3 is 2.44 bits per heavy atom. The number of hydrogen-bond donors (Lipinski definition) is 2. The second-order valence-electron chi connectivity index (χ2n) is 8.34. The van der Waals surface area contributed by atoms with Gasteiger partial charge in [0.25, 0.3) is 5.85 Å². The van der Waals surface area contributed by atoms with E-state index in [2.05, 4.69) is 13.8 Å². The minimum absolute atomic E-state index is 0.0804. The van der Waals surface area contributed by atoms with Gasteiger partial charge in [-0.25, -0.2) is 9.79 Å². The van der Waals surface area contributed by atoms with Crippen molar-refractivity contribution in [1.29, 1.82) is 0 Å². The predicted molar refractivity (Wildman–Crippen MR) is 127 cm³/mol. The van der Waals surface area contributed by atoms with Gasteiger partial charge in [0.15, 0.2) is 5.17 Å². The molecule has 4 rings (SSSR count). The normalized spacial score (nSPS) is 23.8. The quantitative estimate of drug-likeness (QED) is 0.520. The number of aliphatic imine (C=N–C) groups is 1. The van der Waals surface area contributed by atoms with E-state index in [0.29, 0.717) is 17.0 Å². The minimum atomic E-state index is -1.31. The Morgan fingerprint density at radius 2 is 1.84 bits per heavy atom. The maximum Gasteiger partial charge on any atom is 0.338 e. The van der Waals surface area contributed by atoms with E-state index < -0.39 is 17.9 Å². The third-order valence-electron chi connectivity index (χ3n) is 5.90. The molecule has 7 heteroatoms. The van der Waals surface area contributed by atoms with E-state index >= 15 is 0 Å². The van der Waals surface area contributed by atoms with Crippen LogP contribution in [0.4, 0.5) is 5.69 Å². The lowest BCUT2D eigenvalue weighted by Gasteiger charge is -2.45. The molecule has 0 aliphatic carbocycles. The van der Waals surface area contributed by atoms with Gasteiger partial charge in [0, 0.05) is 0 Å². The molecule has 2 aromatic rings. The van der Waals surface area contributed by atoms with Crippen LogP contribution in [-0.4, -0.2) is 45.4 Å². The molecule has 0 radical (unpaired) electrons. The molecule has 3 unspecified atom stereocenters. The molecule has 1 saturated heterocycles. The van der Waals surface area contributed by atoms with Crippen LogP contribution in [0.2, 0.25) is 0 Å². The molecule has 0 spiro atoms. The highest BCUT2D eigenvalue weighted by Crippen LogP contribution is 2.45. The van der Waals surface area contributed by atoms with E-state index in [1.165, 1.54) is 11.8 Å². The number of benzene rings is 2. The third kappa shape index (κ3) is 3.85. The van der Waals surface area contributed by atoms with Crippen molar-refractivity contribution in [3.63, 3.8) is 0 Å². The largest absolute Gasteiger partial charge is 0.463 e. The number of aliphatic hydroxyl groups is 1. The number of quaternary nitrogens is 1. The van der Waals surface area contributed by atoms with Crippen molar-refractivity contribution >= 4 is 28.6 Å². The van der Waals surface area contributed by atoms with Gasteiger partial charge < -0.3 is 9.84 Å². The highest BCUT2D eigenvalue weighted by Gasteiger charge is 2.59. The zero-order chi connectivity index (χ0) is 22.9. The molecule has 2 heterocycles. The summed E-state index contributed by atoms with van der Waals surface area (Å²) in [7, 11) is 0. The van der Waals surface area contributed by atoms with Crippen LogP contribution in [0.5, 0.6) is 0 Å². The molecule has 1 fully saturated rings. The van der Waals surface area contributed by atoms with Crippen LogP contribution in [0, 0.1) is 0 Å². The number of hydrogen-bond acceptors (Lipinski definition) is 6. The van der Waals surface area contributed by atoms with Gasteiger partial charge in [0.1, 0.15) is 11.4 Å². The Kier molecular flexibility index (Phi) is 6.42. The van der Waals surface area contributed by atoms with E-state index in [0.717, 1.165) is 21.3 Å². The van der Waals surface area contributed by atoms with Crippen LogP contribution in [0.3, 0.4) is 0 Å². The predicted octanol–water partition coefficient (Wildman–Crippen LogP) is 3.25. The molecular weight excluding hydrogens is 422 g/mol. The summed E-state index contributed by atoms with van der Waals surface area (Å²) < 4.78 is 5.42. The van der Waals surface area contributed by atoms with Crippen molar-refractivity contribution in [3.05, 3.63) is 77.5 Å². The number of ether oxygens (including phenoxy) is 1. The Labute approximate surface area is 193 Å². The summed E-state index contributed by atoms with van der Waals surface area (Å²) in [6.45, 7) is 8.10. The first-order chi connectivity index (χ1) is 15.4. The molecule has 0 bridgehead atoms. The summed E-state index contributed by atoms with van der Waals surface area (Å²) in [6.07, 6.45) is 0. The van der Waals surface area contributed by atoms with Crippen molar-refractivity contribution in [2.45, 2.75) is 45.6 Å². The average Bonchev–Trinajstić information content (AvgIpc) is 3.10. The number of para-hydroxylation sites is 1. The molecule has 32 heavy (non-hydrogen) atoms. The fraction of sp³-hybridized carbons (Fsp3) is 0.360. The Balaban J connectivity index is 1.89. The van der Waals surface area contributed by atoms with Crippen LogP contribution in [0.15, 0.2) is 76.9 Å². The number of nitrogens with one attached hydrogen (secondary N) is 1. The van der Waals surface area contributed by atoms with Crippen LogP contribution in [0.25, 0.3) is 0 Å². The number of fused-ring (bicyclic) bond motifs is 1. The molecular formula is C25H30N3O3S+. The number of esters is 1. The summed E-state index contributed by atoms with van der Waals surface area (Å²) >= 11 is 1.52. The van der Waals surface area contributed by atoms with Gasteiger partial charge >= 0.3 is 5.97 Å². The van der Waals surface area contributed by atoms with Crippen molar-refractivity contribution in [2.24, 2.45) is 4.99 Å². The van der Waals surface area contributed by atoms with Gasteiger partial charge in [-0.1, -0.05) is 60.3 Å². The van der Waals surface area contributed by atoms with Crippen LogP contribution in [-0.2, 0) is 9.53 Å². The average molecular weight is 453 g/mol. The minimum Gasteiger partial charge on any atom is -0.463 e. The molecule has 3 atom stereocenters. The second kappa shape index (κ2) is 9.10. The Hall–Kier alpha value is -2.61. The number of carbonyl (C=O) groups excluding carboxylic acids is 1. The fourth-order valence-corrected chi connectivity index (χ4v) is 5.90. The van der Waals surface area contributed by atoms with E-state index in [1.54, 1.807) is 6.92 Å². The van der Waals surface area contributed by atoms with Crippen molar-refractivity contribution in [2.75, 3.05) is 12.4 Å². The number of amidine groups is 1. The number of rotatable bonds is 6. The van der Waals surface area contributed by atoms with E-state index in [-0.39, 0.29) is 12.6 Å². The molecule has 2 aliphatic heterocycles. The highest BCUT2D eigenvalue weighted by atomic mass is 32.2. The maximum atomic E-state index is 13.1. The van der Waals surface area contributed by atoms with Gasteiger partial charge in [-0.3, -0.25) is 9.80 Å². The molecule has 0 amide bonds. The second-order valence-corrected chi connectivity index (χ2v) is 9.28. The van der Waals surface area contributed by atoms with Gasteiger partial charge in [0.2, 0.25) is 0 Å². The highest BCUT2D eigenvalue weighted by molar-refractivity contribution is 8.14. The summed E-state index contributed by atoms with van der Waals surface area (Å²) in [5.74, 6) is -1.27. The summed E-state index contributed by atoms with van der Waals surface area (Å²) in [5.41, 5.74) is 3.01. The van der Waals surface area contributed by atoms with Crippen LogP contribution >= 0.6 is 11.8 Å². The first kappa shape index (κ1) is 22.6. The Morgan fingerprint density at radius 1 is 1.22 bits per heavy atom. The van der Waals surface area contributed by atoms with Crippen LogP contribution in [0.1, 0.15) is 39.3 Å².